The summed E-state index contributed by atoms with van der Waals surface area (Å²) in [6.45, 7) is 4.18. The van der Waals surface area contributed by atoms with Gasteiger partial charge in [-0.25, -0.2) is 4.79 Å². The van der Waals surface area contributed by atoms with E-state index in [4.69, 9.17) is 10.5 Å². The number of amides is 1. The molecule has 1 amide bonds. The third kappa shape index (κ3) is 9.11. The monoisotopic (exact) mass is 418 g/mol. The summed E-state index contributed by atoms with van der Waals surface area (Å²) in [5, 5.41) is 2.78. The summed E-state index contributed by atoms with van der Waals surface area (Å²) in [7, 11) is 0. The first-order chi connectivity index (χ1) is 13.5. The van der Waals surface area contributed by atoms with Crippen LogP contribution in [0.5, 0.6) is 0 Å². The molecule has 6 heteroatoms. The fourth-order valence-corrected chi connectivity index (χ4v) is 2.89. The van der Waals surface area contributed by atoms with Gasteiger partial charge in [0, 0.05) is 0 Å². The SMILES string of the molecule is CC(C)C[C@H](NC(=O)[C@@H](N)CCc1ccccc1)C(=O)OCc1ccccc1.Cl. The fourth-order valence-electron chi connectivity index (χ4n) is 2.89. The molecule has 29 heavy (non-hydrogen) atoms. The van der Waals surface area contributed by atoms with Crippen molar-refractivity contribution in [2.45, 2.75) is 51.8 Å². The van der Waals surface area contributed by atoms with Gasteiger partial charge in [0.2, 0.25) is 5.91 Å². The molecule has 2 aromatic rings. The van der Waals surface area contributed by atoms with E-state index in [1.54, 1.807) is 0 Å². The first-order valence-electron chi connectivity index (χ1n) is 9.76. The Balaban J connectivity index is 0.00000420. The second-order valence-corrected chi connectivity index (χ2v) is 7.41. The van der Waals surface area contributed by atoms with E-state index in [9.17, 15) is 9.59 Å². The molecule has 2 aromatic carbocycles. The van der Waals surface area contributed by atoms with Crippen LogP contribution in [0, 0.1) is 5.92 Å². The molecule has 0 aliphatic carbocycles. The lowest BCUT2D eigenvalue weighted by Gasteiger charge is -2.21. The maximum Gasteiger partial charge on any atom is 0.328 e. The van der Waals surface area contributed by atoms with Gasteiger partial charge in [0.25, 0.3) is 0 Å². The van der Waals surface area contributed by atoms with Crippen molar-refractivity contribution in [3.63, 3.8) is 0 Å². The minimum Gasteiger partial charge on any atom is -0.459 e. The van der Waals surface area contributed by atoms with E-state index in [0.717, 1.165) is 11.1 Å². The third-order valence-corrected chi connectivity index (χ3v) is 4.46. The van der Waals surface area contributed by atoms with Gasteiger partial charge in [-0.1, -0.05) is 74.5 Å². The average Bonchev–Trinajstić information content (AvgIpc) is 2.70. The first-order valence-corrected chi connectivity index (χ1v) is 9.76. The minimum absolute atomic E-state index is 0. The molecule has 0 radical (unpaired) electrons. The molecule has 0 heterocycles. The molecule has 0 spiro atoms. The highest BCUT2D eigenvalue weighted by Crippen LogP contribution is 2.10. The predicted molar refractivity (Wildman–Crippen MR) is 118 cm³/mol. The zero-order valence-electron chi connectivity index (χ0n) is 17.0. The Labute approximate surface area is 179 Å². The van der Waals surface area contributed by atoms with E-state index in [1.165, 1.54) is 0 Å². The number of carbonyl (C=O) groups excluding carboxylic acids is 2. The number of halogens is 1. The number of ether oxygens (including phenoxy) is 1. The molecular weight excluding hydrogens is 388 g/mol. The van der Waals surface area contributed by atoms with Crippen LogP contribution in [0.15, 0.2) is 60.7 Å². The molecule has 3 N–H and O–H groups in total. The van der Waals surface area contributed by atoms with Gasteiger partial charge in [0.05, 0.1) is 6.04 Å². The minimum atomic E-state index is -0.695. The molecule has 158 valence electrons. The average molecular weight is 419 g/mol. The molecule has 5 nitrogen and oxygen atoms in total. The Morgan fingerprint density at radius 1 is 0.966 bits per heavy atom. The number of aryl methyl sites for hydroxylation is 1. The summed E-state index contributed by atoms with van der Waals surface area (Å²) < 4.78 is 5.41. The van der Waals surface area contributed by atoms with Gasteiger partial charge in [-0.15, -0.1) is 12.4 Å². The number of nitrogens with two attached hydrogens (primary N) is 1. The van der Waals surface area contributed by atoms with Gasteiger partial charge in [0.15, 0.2) is 0 Å². The van der Waals surface area contributed by atoms with E-state index in [-0.39, 0.29) is 30.8 Å². The van der Waals surface area contributed by atoms with Crippen molar-refractivity contribution in [1.29, 1.82) is 0 Å². The zero-order valence-corrected chi connectivity index (χ0v) is 17.9. The number of hydrogen-bond donors (Lipinski definition) is 2. The maximum absolute atomic E-state index is 12.5. The van der Waals surface area contributed by atoms with Crippen LogP contribution in [-0.4, -0.2) is 24.0 Å². The van der Waals surface area contributed by atoms with Crippen LogP contribution < -0.4 is 11.1 Å². The number of nitrogens with one attached hydrogen (secondary N) is 1. The van der Waals surface area contributed by atoms with Crippen molar-refractivity contribution in [3.8, 4) is 0 Å². The van der Waals surface area contributed by atoms with E-state index in [1.807, 2.05) is 74.5 Å². The zero-order chi connectivity index (χ0) is 20.4. The Morgan fingerprint density at radius 2 is 1.52 bits per heavy atom. The van der Waals surface area contributed by atoms with Crippen molar-refractivity contribution in [2.24, 2.45) is 11.7 Å². The van der Waals surface area contributed by atoms with Crippen LogP contribution in [0.1, 0.15) is 37.8 Å². The van der Waals surface area contributed by atoms with Gasteiger partial charge in [0.1, 0.15) is 12.6 Å². The van der Waals surface area contributed by atoms with Crippen LogP contribution in [0.3, 0.4) is 0 Å². The van der Waals surface area contributed by atoms with Crippen molar-refractivity contribution in [3.05, 3.63) is 71.8 Å². The quantitative estimate of drug-likeness (QED) is 0.577. The molecule has 0 saturated carbocycles. The van der Waals surface area contributed by atoms with E-state index >= 15 is 0 Å². The largest absolute Gasteiger partial charge is 0.459 e. The lowest BCUT2D eigenvalue weighted by atomic mass is 10.0. The lowest BCUT2D eigenvalue weighted by Crippen LogP contribution is -2.49. The number of esters is 1. The topological polar surface area (TPSA) is 81.4 Å². The smallest absolute Gasteiger partial charge is 0.328 e. The van der Waals surface area contributed by atoms with Crippen molar-refractivity contribution >= 4 is 24.3 Å². The maximum atomic E-state index is 12.5. The highest BCUT2D eigenvalue weighted by atomic mass is 35.5. The molecule has 2 atom stereocenters. The standard InChI is InChI=1S/C23H30N2O3.ClH/c1-17(2)15-21(23(27)28-16-19-11-7-4-8-12-19)25-22(26)20(24)14-13-18-9-5-3-6-10-18;/h3-12,17,20-21H,13-16,24H2,1-2H3,(H,25,26);1H/t20-,21-;/m0./s1. The predicted octanol–water partition coefficient (Wildman–Crippen LogP) is 3.64. The highest BCUT2D eigenvalue weighted by Gasteiger charge is 2.25. The van der Waals surface area contributed by atoms with Crippen LogP contribution >= 0.6 is 12.4 Å². The number of hydrogen-bond acceptors (Lipinski definition) is 4. The van der Waals surface area contributed by atoms with E-state index < -0.39 is 18.1 Å². The molecule has 0 unspecified atom stereocenters. The van der Waals surface area contributed by atoms with Crippen molar-refractivity contribution < 1.29 is 14.3 Å². The van der Waals surface area contributed by atoms with Gasteiger partial charge >= 0.3 is 5.97 Å². The molecule has 0 aliphatic heterocycles. The molecule has 0 saturated heterocycles. The molecule has 0 aliphatic rings. The third-order valence-electron chi connectivity index (χ3n) is 4.46. The van der Waals surface area contributed by atoms with Crippen molar-refractivity contribution in [2.75, 3.05) is 0 Å². The lowest BCUT2D eigenvalue weighted by molar-refractivity contribution is -0.149. The second-order valence-electron chi connectivity index (χ2n) is 7.41. The van der Waals surface area contributed by atoms with Gasteiger partial charge in [-0.3, -0.25) is 4.79 Å². The Kier molecular flexibility index (Phi) is 11.0. The van der Waals surface area contributed by atoms with Gasteiger partial charge in [-0.05, 0) is 36.3 Å². The van der Waals surface area contributed by atoms with E-state index in [0.29, 0.717) is 19.3 Å². The number of carbonyl (C=O) groups is 2. The second kappa shape index (κ2) is 13.0. The first kappa shape index (κ1) is 24.7. The summed E-state index contributed by atoms with van der Waals surface area (Å²) in [5.41, 5.74) is 8.08. The van der Waals surface area contributed by atoms with Gasteiger partial charge in [-0.2, -0.15) is 0 Å². The molecule has 0 bridgehead atoms. The summed E-state index contributed by atoms with van der Waals surface area (Å²) in [6.07, 6.45) is 1.73. The van der Waals surface area contributed by atoms with Crippen LogP contribution in [0.2, 0.25) is 0 Å². The summed E-state index contributed by atoms with van der Waals surface area (Å²) >= 11 is 0. The van der Waals surface area contributed by atoms with Gasteiger partial charge < -0.3 is 15.8 Å². The summed E-state index contributed by atoms with van der Waals surface area (Å²) in [4.78, 5) is 25.0. The molecule has 2 rings (SSSR count). The number of benzene rings is 2. The normalized spacial score (nSPS) is 12.6. The highest BCUT2D eigenvalue weighted by molar-refractivity contribution is 5.87. The van der Waals surface area contributed by atoms with Crippen LogP contribution in [0.25, 0.3) is 0 Å². The molecule has 0 fully saturated rings. The Bertz CT molecular complexity index is 738. The molecular formula is C23H31ClN2O3. The fraction of sp³-hybridized carbons (Fsp3) is 0.391. The summed E-state index contributed by atoms with van der Waals surface area (Å²) in [6, 6.07) is 18.0. The Morgan fingerprint density at radius 3 is 2.07 bits per heavy atom. The van der Waals surface area contributed by atoms with Crippen molar-refractivity contribution in [1.82, 2.24) is 5.32 Å². The van der Waals surface area contributed by atoms with Crippen LogP contribution in [0.4, 0.5) is 0 Å². The molecule has 0 aromatic heterocycles. The summed E-state index contributed by atoms with van der Waals surface area (Å²) in [5.74, 6) is -0.519. The Hall–Kier alpha value is -2.37. The van der Waals surface area contributed by atoms with E-state index in [2.05, 4.69) is 5.32 Å². The number of rotatable bonds is 10. The van der Waals surface area contributed by atoms with Crippen LogP contribution in [-0.2, 0) is 27.4 Å².